The summed E-state index contributed by atoms with van der Waals surface area (Å²) < 4.78 is 5.90. The van der Waals surface area contributed by atoms with E-state index in [9.17, 15) is 19.5 Å². The van der Waals surface area contributed by atoms with Crippen molar-refractivity contribution in [2.75, 3.05) is 6.54 Å². The average Bonchev–Trinajstić information content (AvgIpc) is 3.26. The summed E-state index contributed by atoms with van der Waals surface area (Å²) in [4.78, 5) is 37.1. The number of ether oxygens (including phenoxy) is 1. The first kappa shape index (κ1) is 29.9. The molecule has 5 aliphatic carbocycles. The summed E-state index contributed by atoms with van der Waals surface area (Å²) in [5.74, 6) is 1.83. The van der Waals surface area contributed by atoms with Crippen LogP contribution in [0, 0.1) is 62.6 Å². The van der Waals surface area contributed by atoms with Crippen molar-refractivity contribution in [3.8, 4) is 0 Å². The van der Waals surface area contributed by atoms with E-state index in [4.69, 9.17) is 4.74 Å². The van der Waals surface area contributed by atoms with Crippen LogP contribution in [-0.4, -0.2) is 35.6 Å². The summed E-state index contributed by atoms with van der Waals surface area (Å²) in [5.41, 5.74) is 0.0827. The van der Waals surface area contributed by atoms with Crippen LogP contribution in [0.3, 0.4) is 0 Å². The smallest absolute Gasteiger partial charge is 0.322 e. The Hall–Kier alpha value is -1.59. The lowest BCUT2D eigenvalue weighted by molar-refractivity contribution is -0.250. The molecule has 0 radical (unpaired) electrons. The standard InChI is InChI=1S/C34H55NO5/c1-20(2)22-11-16-34(29(39)35-19-27(37)38)18-17-32(7)23(28(22)34)9-10-25-31(6)14-13-26(40-21(3)36)30(4,5)24(31)12-15-33(25,32)8/h20,22-26,28H,9-19H2,1-8H3,(H,35,39)(H,37,38)/t22-,23?,24?,25?,26+,28?,31-,32+,33+,34-/m0/s1. The van der Waals surface area contributed by atoms with E-state index in [1.165, 1.54) is 19.3 Å². The summed E-state index contributed by atoms with van der Waals surface area (Å²) >= 11 is 0. The second-order valence-electron chi connectivity index (χ2n) is 16.3. The van der Waals surface area contributed by atoms with Crippen LogP contribution in [-0.2, 0) is 19.1 Å². The van der Waals surface area contributed by atoms with Crippen molar-refractivity contribution in [3.63, 3.8) is 0 Å². The van der Waals surface area contributed by atoms with Gasteiger partial charge < -0.3 is 15.2 Å². The second-order valence-corrected chi connectivity index (χ2v) is 16.3. The third-order valence-corrected chi connectivity index (χ3v) is 14.4. The first-order valence-corrected chi connectivity index (χ1v) is 16.2. The van der Waals surface area contributed by atoms with Crippen LogP contribution in [0.15, 0.2) is 0 Å². The molecular formula is C34H55NO5. The predicted molar refractivity (Wildman–Crippen MR) is 155 cm³/mol. The Morgan fingerprint density at radius 3 is 2.17 bits per heavy atom. The predicted octanol–water partition coefficient (Wildman–Crippen LogP) is 6.86. The van der Waals surface area contributed by atoms with Crippen LogP contribution < -0.4 is 5.32 Å². The Kier molecular flexibility index (Phi) is 7.27. The van der Waals surface area contributed by atoms with E-state index in [1.54, 1.807) is 6.92 Å². The van der Waals surface area contributed by atoms with Crippen molar-refractivity contribution < 1.29 is 24.2 Å². The highest BCUT2D eigenvalue weighted by Crippen LogP contribution is 2.77. The van der Waals surface area contributed by atoms with E-state index in [1.807, 2.05) is 0 Å². The first-order valence-electron chi connectivity index (χ1n) is 16.2. The molecule has 40 heavy (non-hydrogen) atoms. The Bertz CT molecular complexity index is 1050. The minimum atomic E-state index is -0.968. The second kappa shape index (κ2) is 9.73. The maximum absolute atomic E-state index is 13.8. The summed E-state index contributed by atoms with van der Waals surface area (Å²) in [6.45, 7) is 18.3. The minimum absolute atomic E-state index is 0.00131. The van der Waals surface area contributed by atoms with Gasteiger partial charge >= 0.3 is 11.9 Å². The van der Waals surface area contributed by atoms with Crippen molar-refractivity contribution in [2.24, 2.45) is 62.6 Å². The van der Waals surface area contributed by atoms with Gasteiger partial charge in [-0.15, -0.1) is 0 Å². The Labute approximate surface area is 242 Å². The molecule has 0 heterocycles. The summed E-state index contributed by atoms with van der Waals surface area (Å²) in [7, 11) is 0. The van der Waals surface area contributed by atoms with Gasteiger partial charge in [0, 0.05) is 12.3 Å². The average molecular weight is 558 g/mol. The lowest BCUT2D eigenvalue weighted by Crippen LogP contribution is -2.67. The minimum Gasteiger partial charge on any atom is -0.480 e. The van der Waals surface area contributed by atoms with Gasteiger partial charge in [0.15, 0.2) is 0 Å². The molecule has 10 atom stereocenters. The fourth-order valence-electron chi connectivity index (χ4n) is 12.5. The third kappa shape index (κ3) is 4.03. The van der Waals surface area contributed by atoms with Crippen LogP contribution in [0.5, 0.6) is 0 Å². The number of esters is 1. The molecule has 0 spiro atoms. The molecule has 5 aliphatic rings. The fraction of sp³-hybridized carbons (Fsp3) is 0.912. The molecule has 5 rings (SSSR count). The molecule has 0 aliphatic heterocycles. The maximum atomic E-state index is 13.8. The fourth-order valence-corrected chi connectivity index (χ4v) is 12.5. The van der Waals surface area contributed by atoms with Crippen LogP contribution in [0.4, 0.5) is 0 Å². The van der Waals surface area contributed by atoms with Crippen molar-refractivity contribution in [3.05, 3.63) is 0 Å². The van der Waals surface area contributed by atoms with Gasteiger partial charge in [0.2, 0.25) is 5.91 Å². The molecule has 5 fully saturated rings. The molecule has 0 saturated heterocycles. The van der Waals surface area contributed by atoms with Gasteiger partial charge in [-0.2, -0.15) is 0 Å². The van der Waals surface area contributed by atoms with Gasteiger partial charge in [0.1, 0.15) is 12.6 Å². The number of hydrogen-bond acceptors (Lipinski definition) is 4. The van der Waals surface area contributed by atoms with Gasteiger partial charge in [0.05, 0.1) is 5.41 Å². The van der Waals surface area contributed by atoms with Gasteiger partial charge in [-0.1, -0.05) is 48.5 Å². The maximum Gasteiger partial charge on any atom is 0.322 e. The number of aliphatic carboxylic acids is 1. The van der Waals surface area contributed by atoms with Crippen molar-refractivity contribution in [1.82, 2.24) is 5.32 Å². The van der Waals surface area contributed by atoms with Crippen molar-refractivity contribution in [1.29, 1.82) is 0 Å². The van der Waals surface area contributed by atoms with E-state index in [0.29, 0.717) is 35.5 Å². The van der Waals surface area contributed by atoms with E-state index in [-0.39, 0.29) is 46.2 Å². The molecule has 0 bridgehead atoms. The van der Waals surface area contributed by atoms with Gasteiger partial charge in [0.25, 0.3) is 0 Å². The number of fused-ring (bicyclic) bond motifs is 7. The van der Waals surface area contributed by atoms with Crippen LogP contribution in [0.1, 0.15) is 120 Å². The topological polar surface area (TPSA) is 92.7 Å². The molecular weight excluding hydrogens is 502 g/mol. The number of carbonyl (C=O) groups excluding carboxylic acids is 2. The highest BCUT2D eigenvalue weighted by molar-refractivity contribution is 5.86. The number of hydrogen-bond donors (Lipinski definition) is 2. The van der Waals surface area contributed by atoms with E-state index < -0.39 is 11.4 Å². The Morgan fingerprint density at radius 1 is 0.850 bits per heavy atom. The SMILES string of the molecule is CC(=O)O[C@@H]1CC[C@@]2(C)C(CC[C@]3(C)C2CCC2C4[C@H](C(C)C)CC[C@]4(C(=O)NCC(=O)O)CC[C@]23C)C1(C)C. The van der Waals surface area contributed by atoms with Crippen molar-refractivity contribution in [2.45, 2.75) is 126 Å². The van der Waals surface area contributed by atoms with Crippen LogP contribution >= 0.6 is 0 Å². The van der Waals surface area contributed by atoms with E-state index in [2.05, 4.69) is 53.8 Å². The molecule has 226 valence electrons. The van der Waals surface area contributed by atoms with Gasteiger partial charge in [-0.25, -0.2) is 0 Å². The molecule has 0 aromatic rings. The lowest BCUT2D eigenvalue weighted by atomic mass is 9.32. The molecule has 4 unspecified atom stereocenters. The summed E-state index contributed by atoms with van der Waals surface area (Å²) in [6, 6.07) is 0. The third-order valence-electron chi connectivity index (χ3n) is 14.4. The zero-order chi connectivity index (χ0) is 29.5. The number of rotatable bonds is 5. The number of carboxylic acid groups (broad SMARTS) is 1. The monoisotopic (exact) mass is 557 g/mol. The van der Waals surface area contributed by atoms with Crippen molar-refractivity contribution >= 4 is 17.8 Å². The Balaban J connectivity index is 1.49. The van der Waals surface area contributed by atoms with E-state index in [0.717, 1.165) is 44.9 Å². The van der Waals surface area contributed by atoms with Gasteiger partial charge in [-0.3, -0.25) is 14.4 Å². The van der Waals surface area contributed by atoms with Crippen LogP contribution in [0.25, 0.3) is 0 Å². The normalized spacial score (nSPS) is 47.3. The highest BCUT2D eigenvalue weighted by Gasteiger charge is 2.72. The largest absolute Gasteiger partial charge is 0.480 e. The zero-order valence-electron chi connectivity index (χ0n) is 26.4. The molecule has 0 aromatic carbocycles. The summed E-state index contributed by atoms with van der Waals surface area (Å²) in [6.07, 6.45) is 10.7. The first-order chi connectivity index (χ1) is 18.5. The highest BCUT2D eigenvalue weighted by atomic mass is 16.5. The zero-order valence-corrected chi connectivity index (χ0v) is 26.4. The number of amides is 1. The molecule has 0 aromatic heterocycles. The Morgan fingerprint density at radius 2 is 1.55 bits per heavy atom. The number of carbonyl (C=O) groups is 3. The van der Waals surface area contributed by atoms with Crippen LogP contribution in [0.2, 0.25) is 0 Å². The number of nitrogens with one attached hydrogen (secondary N) is 1. The lowest BCUT2D eigenvalue weighted by Gasteiger charge is -2.73. The van der Waals surface area contributed by atoms with E-state index >= 15 is 0 Å². The molecule has 6 nitrogen and oxygen atoms in total. The van der Waals surface area contributed by atoms with Gasteiger partial charge in [-0.05, 0) is 116 Å². The molecule has 2 N–H and O–H groups in total. The quantitative estimate of drug-likeness (QED) is 0.360. The molecule has 1 amide bonds. The molecule has 5 saturated carbocycles. The summed E-state index contributed by atoms with van der Waals surface area (Å²) in [5, 5.41) is 12.1. The number of carboxylic acids is 1. The molecule has 6 heteroatoms.